The van der Waals surface area contributed by atoms with E-state index >= 15 is 0 Å². The van der Waals surface area contributed by atoms with E-state index in [-0.39, 0.29) is 53.9 Å². The number of hydrogen-bond donors (Lipinski definition) is 2. The summed E-state index contributed by atoms with van der Waals surface area (Å²) >= 11 is 0. The van der Waals surface area contributed by atoms with Gasteiger partial charge in [-0.05, 0) is 249 Å². The van der Waals surface area contributed by atoms with Crippen LogP contribution in [0.5, 0.6) is 0 Å². The Bertz CT molecular complexity index is 4380. The van der Waals surface area contributed by atoms with Gasteiger partial charge in [0.05, 0.1) is 17.2 Å². The summed E-state index contributed by atoms with van der Waals surface area (Å²) in [5, 5.41) is 9.39. The predicted molar refractivity (Wildman–Crippen MR) is 546 cm³/mol. The molecule has 11 nitrogen and oxygen atoms in total. The van der Waals surface area contributed by atoms with Gasteiger partial charge >= 0.3 is 0 Å². The van der Waals surface area contributed by atoms with E-state index in [4.69, 9.17) is 11.5 Å². The van der Waals surface area contributed by atoms with Crippen LogP contribution in [-0.2, 0) is 48.9 Å². The van der Waals surface area contributed by atoms with Crippen molar-refractivity contribution in [2.45, 2.75) is 328 Å². The van der Waals surface area contributed by atoms with Crippen molar-refractivity contribution in [3.05, 3.63) is 248 Å². The molecule has 684 valence electrons. The van der Waals surface area contributed by atoms with Crippen molar-refractivity contribution >= 4 is 76.6 Å². The molecule has 4 fully saturated rings. The fourth-order valence-electron chi connectivity index (χ4n) is 19.4. The number of benzene rings is 8. The monoisotopic (exact) mass is 1740 g/mol. The molecule has 0 amide bonds. The van der Waals surface area contributed by atoms with Gasteiger partial charge in [0.1, 0.15) is 11.6 Å². The first-order valence-electron chi connectivity index (χ1n) is 46.5. The van der Waals surface area contributed by atoms with Crippen LogP contribution < -0.4 is 31.1 Å². The smallest absolute Gasteiger partial charge is 0.240 e. The van der Waals surface area contributed by atoms with Crippen LogP contribution in [-0.4, -0.2) is 80.6 Å². The van der Waals surface area contributed by atoms with Crippen LogP contribution in [0.1, 0.15) is 372 Å². The molecule has 8 aromatic carbocycles. The highest BCUT2D eigenvalue weighted by Gasteiger charge is 2.39. The lowest BCUT2D eigenvalue weighted by Crippen LogP contribution is -2.31. The maximum absolute atomic E-state index is 13.2. The van der Waals surface area contributed by atoms with Crippen LogP contribution in [0.4, 0.5) is 34.1 Å². The van der Waals surface area contributed by atoms with E-state index in [0.717, 1.165) is 54.7 Å². The average Bonchev–Trinajstić information content (AvgIpc) is 1.57. The fraction of sp³-hybridized carbons (Fsp3) is 0.536. The number of isocyanates is 1. The Morgan fingerprint density at radius 3 is 0.832 bits per heavy atom. The van der Waals surface area contributed by atoms with Crippen molar-refractivity contribution < 1.29 is 14.4 Å². The second-order valence-corrected chi connectivity index (χ2v) is 39.2. The van der Waals surface area contributed by atoms with E-state index in [9.17, 15) is 19.6 Å². The molecule has 0 radical (unpaired) electrons. The van der Waals surface area contributed by atoms with E-state index in [2.05, 4.69) is 335 Å². The number of ketones is 2. The number of carbonyl (C=O) groups excluding carboxylic acids is 3. The molecule has 0 aromatic heterocycles. The van der Waals surface area contributed by atoms with Gasteiger partial charge in [0.15, 0.2) is 0 Å². The highest BCUT2D eigenvalue weighted by atomic mass is 35.5. The van der Waals surface area contributed by atoms with Gasteiger partial charge in [-0.3, -0.25) is 9.59 Å². The lowest BCUT2D eigenvalue weighted by Gasteiger charge is -2.30. The van der Waals surface area contributed by atoms with Crippen molar-refractivity contribution in [3.63, 3.8) is 0 Å². The van der Waals surface area contributed by atoms with E-state index in [0.29, 0.717) is 84.6 Å². The number of anilines is 5. The molecule has 13 heteroatoms. The molecule has 0 unspecified atom stereocenters. The van der Waals surface area contributed by atoms with Gasteiger partial charge in [0.2, 0.25) is 6.08 Å². The molecule has 0 spiro atoms. The molecule has 0 aliphatic heterocycles. The molecule has 125 heavy (non-hydrogen) atoms. The Kier molecular flexibility index (Phi) is 44.8. The standard InChI is InChI=1S/2C29H41NO.C14H22N2.C14H18N2.C13H17NO.C12H19N.CH4.2ClH/c2*1-21(2)26-10-9-11-27(22(3)4)28(26)20-25(31)16-19-29(17-7-8-18-29)23-12-14-24(15-13-23)30(5)6;2*1-16(2)13-7-5-12(6-8-13)14(11-15)9-3-4-10-14;1-9(2)11-6-5-7-12(10(3)4)13(11)14-8-15;1-8(2)10-6-5-7-11(9(3)4)12(10)13;;;/h2*9-15,21-22H,7-8,16-20H2,1-6H3;5-8H,3-4,9-11,15H2,1-2H3;5-8H,3-4,9-10H2,1-2H3;5-7,9-10H,1-4H3;5-9H,13H2,1-4H3;1H4;2*1H. The Labute approximate surface area is 772 Å². The van der Waals surface area contributed by atoms with Gasteiger partial charge in [0.25, 0.3) is 0 Å². The third kappa shape index (κ3) is 29.5. The molecule has 0 saturated heterocycles. The number of carbonyl (C=O) groups is 2. The number of nitrogen functional groups attached to an aromatic ring is 1. The van der Waals surface area contributed by atoms with Crippen molar-refractivity contribution in [3.8, 4) is 6.07 Å². The molecule has 8 aromatic rings. The summed E-state index contributed by atoms with van der Waals surface area (Å²) in [7, 11) is 16.5. The number of hydrogen-bond acceptors (Lipinski definition) is 11. The van der Waals surface area contributed by atoms with Crippen molar-refractivity contribution in [1.29, 1.82) is 5.26 Å². The van der Waals surface area contributed by atoms with Crippen LogP contribution in [0, 0.1) is 11.3 Å². The highest BCUT2D eigenvalue weighted by molar-refractivity contribution is 5.86. The van der Waals surface area contributed by atoms with Crippen LogP contribution >= 0.6 is 24.8 Å². The highest BCUT2D eigenvalue weighted by Crippen LogP contribution is 2.48. The summed E-state index contributed by atoms with van der Waals surface area (Å²) in [5.41, 5.74) is 37.4. The summed E-state index contributed by atoms with van der Waals surface area (Å²) in [6.45, 7) is 35.8. The summed E-state index contributed by atoms with van der Waals surface area (Å²) in [4.78, 5) is 49.2. The number of Topliss-reactive ketones (excluding diaryl/α,β-unsaturated/α-hetero) is 2. The first-order chi connectivity index (χ1) is 57.9. The topological polar surface area (TPSA) is 152 Å². The summed E-state index contributed by atoms with van der Waals surface area (Å²) in [6, 6.07) is 63.6. The molecule has 12 rings (SSSR count). The zero-order valence-corrected chi connectivity index (χ0v) is 82.6. The molecular weight excluding hydrogens is 1580 g/mol. The zero-order chi connectivity index (χ0) is 89.8. The lowest BCUT2D eigenvalue weighted by molar-refractivity contribution is -0.119. The van der Waals surface area contributed by atoms with E-state index < -0.39 is 0 Å². The summed E-state index contributed by atoms with van der Waals surface area (Å²) in [5.74, 6) is 4.33. The van der Waals surface area contributed by atoms with E-state index in [1.807, 2.05) is 32.3 Å². The van der Waals surface area contributed by atoms with Gasteiger partial charge in [-0.15, -0.1) is 24.8 Å². The molecule has 4 aliphatic carbocycles. The molecule has 0 atom stereocenters. The maximum Gasteiger partial charge on any atom is 0.240 e. The number of halogens is 2. The number of nitrogens with zero attached hydrogens (tertiary/aromatic N) is 6. The fourth-order valence-corrected chi connectivity index (χ4v) is 19.4. The predicted octanol–water partition coefficient (Wildman–Crippen LogP) is 29.3. The second kappa shape index (κ2) is 51.5. The average molecular weight is 1740 g/mol. The van der Waals surface area contributed by atoms with Crippen LogP contribution in [0.3, 0.4) is 0 Å². The first kappa shape index (κ1) is 109. The van der Waals surface area contributed by atoms with Gasteiger partial charge in [0, 0.05) is 122 Å². The number of rotatable bonds is 28. The second-order valence-electron chi connectivity index (χ2n) is 39.2. The Hall–Kier alpha value is -8.49. The summed E-state index contributed by atoms with van der Waals surface area (Å²) < 4.78 is 0. The first-order valence-corrected chi connectivity index (χ1v) is 46.5. The number of aliphatic imine (C=N–C) groups is 1. The third-order valence-electron chi connectivity index (χ3n) is 27.1. The number of para-hydroxylation sites is 2. The maximum atomic E-state index is 13.2. The van der Waals surface area contributed by atoms with Gasteiger partial charge in [-0.2, -0.15) is 10.3 Å². The van der Waals surface area contributed by atoms with Crippen LogP contribution in [0.25, 0.3) is 0 Å². The van der Waals surface area contributed by atoms with Gasteiger partial charge < -0.3 is 31.1 Å². The minimum absolute atomic E-state index is 0. The third-order valence-corrected chi connectivity index (χ3v) is 27.1. The van der Waals surface area contributed by atoms with Gasteiger partial charge in [-0.1, -0.05) is 291 Å². The number of nitriles is 1. The molecule has 4 N–H and O–H groups in total. The summed E-state index contributed by atoms with van der Waals surface area (Å²) in [6.07, 6.45) is 25.6. The Morgan fingerprint density at radius 1 is 0.360 bits per heavy atom. The normalized spacial score (nSPS) is 14.9. The van der Waals surface area contributed by atoms with E-state index in [1.54, 1.807) is 6.08 Å². The zero-order valence-electron chi connectivity index (χ0n) is 80.9. The lowest BCUT2D eigenvalue weighted by atomic mass is 9.74. The van der Waals surface area contributed by atoms with Crippen molar-refractivity contribution in [2.24, 2.45) is 10.7 Å². The van der Waals surface area contributed by atoms with E-state index in [1.165, 1.54) is 179 Å². The minimum atomic E-state index is -0.204. The van der Waals surface area contributed by atoms with Crippen molar-refractivity contribution in [2.75, 3.05) is 88.3 Å². The quantitative estimate of drug-likeness (QED) is 0.0275. The van der Waals surface area contributed by atoms with Gasteiger partial charge in [-0.25, -0.2) is 4.79 Å². The SMILES string of the molecule is C.CC(C)c1cccc(C(C)C)c1CC(=O)CCC1(c2ccc(N(C)C)cc2)CCCC1.CC(C)c1cccc(C(C)C)c1CC(=O)CCC1(c2ccc(N(C)C)cc2)CCCC1.CC(C)c1cccc(C(C)C)c1N.CC(C)c1cccc(C(C)C)c1N=C=O.CN(C)c1ccc(C2(C#N)CCCC2)cc1.CN(C)c1ccc(C2(CN)CCCC2)cc1.Cl.Cl. The Morgan fingerprint density at radius 2 is 0.592 bits per heavy atom. The molecule has 0 bridgehead atoms. The van der Waals surface area contributed by atoms with Crippen LogP contribution in [0.15, 0.2) is 175 Å². The number of nitrogens with two attached hydrogens (primary N) is 2. The molecule has 4 saturated carbocycles. The van der Waals surface area contributed by atoms with Crippen LogP contribution in [0.2, 0.25) is 0 Å². The Balaban J connectivity index is 0.000000324. The van der Waals surface area contributed by atoms with Crippen molar-refractivity contribution in [1.82, 2.24) is 0 Å². The molecule has 4 aliphatic rings. The largest absolute Gasteiger partial charge is 0.398 e. The minimum Gasteiger partial charge on any atom is -0.398 e. The molecule has 0 heterocycles. The molecular formula is C112H164Cl2N8O3.